The minimum atomic E-state index is -2.62. The summed E-state index contributed by atoms with van der Waals surface area (Å²) in [4.78, 5) is 44.4. The highest BCUT2D eigenvalue weighted by atomic mass is 79.9. The Bertz CT molecular complexity index is 1560. The quantitative estimate of drug-likeness (QED) is 0.223. The van der Waals surface area contributed by atoms with E-state index in [-0.39, 0.29) is 41.1 Å². The zero-order valence-corrected chi connectivity index (χ0v) is 27.5. The van der Waals surface area contributed by atoms with Gasteiger partial charge in [0, 0.05) is 29.2 Å². The highest BCUT2D eigenvalue weighted by Crippen LogP contribution is 2.55. The predicted molar refractivity (Wildman–Crippen MR) is 165 cm³/mol. The van der Waals surface area contributed by atoms with Gasteiger partial charge in [-0.15, -0.1) is 0 Å². The van der Waals surface area contributed by atoms with Gasteiger partial charge in [0.05, 0.1) is 22.7 Å². The molecule has 2 aromatic rings. The molecule has 240 valence electrons. The second kappa shape index (κ2) is 12.5. The second-order valence-corrected chi connectivity index (χ2v) is 13.2. The Balaban J connectivity index is 1.69. The molecule has 3 aliphatic carbocycles. The van der Waals surface area contributed by atoms with E-state index in [2.05, 4.69) is 39.8 Å². The Kier molecular flexibility index (Phi) is 9.28. The Morgan fingerprint density at radius 2 is 1.77 bits per heavy atom. The van der Waals surface area contributed by atoms with Gasteiger partial charge in [0.15, 0.2) is 11.4 Å². The SMILES string of the molecule is CCCCOc1c(Br)c(CN(CCC)CCC)c(F)c2c1C(O)=C1C(=O)[C@]3(O)C(=O)c4c(o[nH]c4=O)[C@@H](N(C)C)[C@@H]3C[C@@H]1C2. The van der Waals surface area contributed by atoms with Gasteiger partial charge in [-0.2, -0.15) is 5.16 Å². The van der Waals surface area contributed by atoms with Crippen molar-refractivity contribution in [3.8, 4) is 5.75 Å². The number of carbonyl (C=O) groups is 2. The zero-order chi connectivity index (χ0) is 32.1. The highest BCUT2D eigenvalue weighted by Gasteiger charge is 2.65. The minimum absolute atomic E-state index is 0.0521. The van der Waals surface area contributed by atoms with Crippen LogP contribution in [0.5, 0.6) is 5.75 Å². The summed E-state index contributed by atoms with van der Waals surface area (Å²) in [5, 5.41) is 25.9. The van der Waals surface area contributed by atoms with E-state index in [1.165, 1.54) is 0 Å². The minimum Gasteiger partial charge on any atom is -0.507 e. The van der Waals surface area contributed by atoms with Gasteiger partial charge in [-0.3, -0.25) is 24.2 Å². The average Bonchev–Trinajstić information content (AvgIpc) is 3.35. The molecule has 0 bridgehead atoms. The van der Waals surface area contributed by atoms with Crippen LogP contribution in [0, 0.1) is 17.7 Å². The summed E-state index contributed by atoms with van der Waals surface area (Å²) in [6, 6.07) is -0.796. The molecule has 3 N–H and O–H groups in total. The molecule has 1 heterocycles. The number of benzene rings is 1. The summed E-state index contributed by atoms with van der Waals surface area (Å²) < 4.78 is 28.6. The molecule has 1 fully saturated rings. The Morgan fingerprint density at radius 3 is 2.39 bits per heavy atom. The first-order valence-corrected chi connectivity index (χ1v) is 16.2. The molecule has 44 heavy (non-hydrogen) atoms. The summed E-state index contributed by atoms with van der Waals surface area (Å²) in [5.74, 6) is -4.45. The number of H-pyrrole nitrogens is 1. The lowest BCUT2D eigenvalue weighted by atomic mass is 9.57. The number of rotatable bonds is 11. The standard InChI is InChI=1S/C32H41BrFN3O7/c1-6-9-12-43-27-21-17(24(34)18(23(27)33)15-37(10-7-2)11-8-3)13-16-14-19-25(36(4)5)28-22(31(41)35-44-28)30(40)32(19,42)29(39)20(16)26(21)38/h16,19,25,38,42H,6-15H2,1-5H3,(H,35,41)/t16-,19-,25-,32-/m0/s1. The smallest absolute Gasteiger partial charge is 0.291 e. The lowest BCUT2D eigenvalue weighted by Gasteiger charge is -2.49. The maximum absolute atomic E-state index is 16.6. The van der Waals surface area contributed by atoms with Crippen molar-refractivity contribution in [3.05, 3.63) is 54.2 Å². The van der Waals surface area contributed by atoms with E-state index in [1.807, 2.05) is 6.92 Å². The molecule has 3 aliphatic rings. The number of nitrogens with zero attached hydrogens (tertiary/aromatic N) is 2. The van der Waals surface area contributed by atoms with E-state index in [9.17, 15) is 24.6 Å². The van der Waals surface area contributed by atoms with Crippen molar-refractivity contribution in [1.82, 2.24) is 15.0 Å². The van der Waals surface area contributed by atoms with E-state index in [4.69, 9.17) is 9.26 Å². The van der Waals surface area contributed by atoms with Gasteiger partial charge in [-0.25, -0.2) is 4.39 Å². The van der Waals surface area contributed by atoms with Crippen LogP contribution in [0.15, 0.2) is 19.4 Å². The molecule has 1 saturated carbocycles. The molecule has 0 unspecified atom stereocenters. The molecule has 4 atom stereocenters. The largest absolute Gasteiger partial charge is 0.507 e. The number of carbonyl (C=O) groups excluding carboxylic acids is 2. The normalized spacial score (nSPS) is 24.5. The van der Waals surface area contributed by atoms with Gasteiger partial charge >= 0.3 is 0 Å². The van der Waals surface area contributed by atoms with Crippen molar-refractivity contribution in [1.29, 1.82) is 0 Å². The van der Waals surface area contributed by atoms with E-state index in [1.54, 1.807) is 19.0 Å². The van der Waals surface area contributed by atoms with Crippen LogP contribution in [0.4, 0.5) is 4.39 Å². The van der Waals surface area contributed by atoms with Crippen LogP contribution in [0.3, 0.4) is 0 Å². The summed E-state index contributed by atoms with van der Waals surface area (Å²) in [6.45, 7) is 8.37. The van der Waals surface area contributed by atoms with E-state index < -0.39 is 57.7 Å². The number of ether oxygens (including phenoxy) is 1. The molecular weight excluding hydrogens is 637 g/mol. The second-order valence-electron chi connectivity index (χ2n) is 12.4. The number of aromatic amines is 1. The number of aromatic nitrogens is 1. The fraction of sp³-hybridized carbons (Fsp3) is 0.594. The molecule has 0 saturated heterocycles. The summed E-state index contributed by atoms with van der Waals surface area (Å²) in [6.07, 6.45) is 3.50. The Labute approximate surface area is 264 Å². The summed E-state index contributed by atoms with van der Waals surface area (Å²) >= 11 is 3.58. The van der Waals surface area contributed by atoms with Crippen LogP contribution in [0.25, 0.3) is 5.76 Å². The maximum atomic E-state index is 16.6. The number of unbranched alkanes of at least 4 members (excludes halogenated alkanes) is 1. The first-order chi connectivity index (χ1) is 20.9. The van der Waals surface area contributed by atoms with Gasteiger partial charge in [-0.1, -0.05) is 27.2 Å². The number of Topliss-reactive ketones (excluding diaryl/α,β-unsaturated/α-hetero) is 2. The number of ketones is 2. The molecular formula is C32H41BrFN3O7. The Morgan fingerprint density at radius 1 is 1.09 bits per heavy atom. The molecule has 1 aromatic carbocycles. The molecule has 5 rings (SSSR count). The first kappa shape index (κ1) is 32.6. The number of hydrogen-bond donors (Lipinski definition) is 3. The molecule has 12 heteroatoms. The third kappa shape index (κ3) is 4.98. The van der Waals surface area contributed by atoms with Gasteiger partial charge < -0.3 is 19.5 Å². The molecule has 10 nitrogen and oxygen atoms in total. The topological polar surface area (TPSA) is 136 Å². The lowest BCUT2D eigenvalue weighted by Crippen LogP contribution is -2.63. The summed E-state index contributed by atoms with van der Waals surface area (Å²) in [5.41, 5.74) is -3.29. The van der Waals surface area contributed by atoms with Crippen molar-refractivity contribution in [3.63, 3.8) is 0 Å². The van der Waals surface area contributed by atoms with E-state index in [0.29, 0.717) is 29.6 Å². The predicted octanol–water partition coefficient (Wildman–Crippen LogP) is 4.93. The van der Waals surface area contributed by atoms with E-state index >= 15 is 4.39 Å². The van der Waals surface area contributed by atoms with Crippen LogP contribution in [-0.4, -0.2) is 76.1 Å². The van der Waals surface area contributed by atoms with Gasteiger partial charge in [0.25, 0.3) is 5.56 Å². The van der Waals surface area contributed by atoms with Crippen LogP contribution in [0.1, 0.15) is 91.7 Å². The van der Waals surface area contributed by atoms with Crippen molar-refractivity contribution in [2.24, 2.45) is 11.8 Å². The number of halogens is 2. The van der Waals surface area contributed by atoms with Crippen molar-refractivity contribution in [2.75, 3.05) is 33.8 Å². The van der Waals surface area contributed by atoms with E-state index in [0.717, 1.165) is 32.4 Å². The fourth-order valence-electron chi connectivity index (χ4n) is 7.29. The average molecular weight is 679 g/mol. The van der Waals surface area contributed by atoms with Gasteiger partial charge in [0.1, 0.15) is 22.9 Å². The van der Waals surface area contributed by atoms with Crippen molar-refractivity contribution >= 4 is 33.3 Å². The Hall–Kier alpha value is -2.80. The molecule has 0 spiro atoms. The number of aliphatic hydroxyl groups is 2. The van der Waals surface area contributed by atoms with Crippen LogP contribution in [0.2, 0.25) is 0 Å². The van der Waals surface area contributed by atoms with Crippen molar-refractivity contribution < 1.29 is 33.5 Å². The maximum Gasteiger partial charge on any atom is 0.291 e. The summed E-state index contributed by atoms with van der Waals surface area (Å²) in [7, 11) is 3.39. The zero-order valence-electron chi connectivity index (χ0n) is 25.9. The molecule has 0 radical (unpaired) electrons. The fourth-order valence-corrected chi connectivity index (χ4v) is 7.90. The number of hydrogen-bond acceptors (Lipinski definition) is 9. The molecule has 1 aromatic heterocycles. The molecule has 0 aliphatic heterocycles. The monoisotopic (exact) mass is 677 g/mol. The van der Waals surface area contributed by atoms with Crippen LogP contribution >= 0.6 is 15.9 Å². The first-order valence-electron chi connectivity index (χ1n) is 15.4. The number of nitrogens with one attached hydrogen (secondary N) is 1. The van der Waals surface area contributed by atoms with Crippen LogP contribution in [-0.2, 0) is 17.8 Å². The lowest BCUT2D eigenvalue weighted by molar-refractivity contribution is -0.142. The number of fused-ring (bicyclic) bond motifs is 4. The molecule has 0 amide bonds. The highest BCUT2D eigenvalue weighted by molar-refractivity contribution is 9.10. The van der Waals surface area contributed by atoms with Crippen LogP contribution < -0.4 is 10.3 Å². The van der Waals surface area contributed by atoms with Gasteiger partial charge in [-0.05, 0) is 81.1 Å². The third-order valence-electron chi connectivity index (χ3n) is 9.25. The number of aliphatic hydroxyl groups excluding tert-OH is 1. The van der Waals surface area contributed by atoms with Crippen molar-refractivity contribution in [2.45, 2.75) is 77.5 Å². The van der Waals surface area contributed by atoms with Gasteiger partial charge in [0.2, 0.25) is 11.6 Å². The third-order valence-corrected chi connectivity index (χ3v) is 10.1.